The first-order valence-electron chi connectivity index (χ1n) is 8.28. The summed E-state index contributed by atoms with van der Waals surface area (Å²) < 4.78 is 0. The summed E-state index contributed by atoms with van der Waals surface area (Å²) in [5.41, 5.74) is 0.992. The third-order valence-corrected chi connectivity index (χ3v) is 6.17. The molecule has 1 amide bonds. The summed E-state index contributed by atoms with van der Waals surface area (Å²) in [7, 11) is 0. The van der Waals surface area contributed by atoms with Crippen LogP contribution < -0.4 is 0 Å². The topological polar surface area (TPSA) is 61.9 Å². The van der Waals surface area contributed by atoms with E-state index in [9.17, 15) is 4.79 Å². The van der Waals surface area contributed by atoms with Crippen LogP contribution in [0.25, 0.3) is 10.7 Å². The van der Waals surface area contributed by atoms with Gasteiger partial charge in [-0.15, -0.1) is 16.4 Å². The number of nitrogens with one attached hydrogen (secondary N) is 1. The molecule has 1 saturated heterocycles. The monoisotopic (exact) mass is 370 g/mol. The van der Waals surface area contributed by atoms with Gasteiger partial charge in [0.15, 0.2) is 5.82 Å². The molecule has 128 valence electrons. The molecular weight excluding hydrogens is 352 g/mol. The average Bonchev–Trinajstić information content (AvgIpc) is 3.42. The minimum absolute atomic E-state index is 0.149. The Balaban J connectivity index is 1.59. The smallest absolute Gasteiger partial charge is 0.240 e. The lowest BCUT2D eigenvalue weighted by Crippen LogP contribution is -2.31. The van der Waals surface area contributed by atoms with E-state index in [1.54, 1.807) is 11.3 Å². The second-order valence-electron chi connectivity index (χ2n) is 5.88. The Morgan fingerprint density at radius 3 is 2.68 bits per heavy atom. The van der Waals surface area contributed by atoms with Gasteiger partial charge < -0.3 is 4.90 Å². The highest BCUT2D eigenvalue weighted by Gasteiger charge is 2.29. The van der Waals surface area contributed by atoms with Gasteiger partial charge in [-0.1, -0.05) is 48.2 Å². The molecule has 2 aromatic heterocycles. The van der Waals surface area contributed by atoms with Crippen LogP contribution in [-0.4, -0.2) is 39.1 Å². The van der Waals surface area contributed by atoms with Gasteiger partial charge in [-0.25, -0.2) is 4.98 Å². The first kappa shape index (κ1) is 16.4. The van der Waals surface area contributed by atoms with E-state index in [0.717, 1.165) is 42.2 Å². The number of hydrogen-bond acceptors (Lipinski definition) is 5. The molecule has 1 atom stereocenters. The fraction of sp³-hybridized carbons (Fsp3) is 0.278. The van der Waals surface area contributed by atoms with E-state index in [-0.39, 0.29) is 11.2 Å². The molecule has 1 aliphatic rings. The number of aromatic amines is 1. The van der Waals surface area contributed by atoms with E-state index in [0.29, 0.717) is 5.16 Å². The molecule has 0 spiro atoms. The minimum Gasteiger partial charge on any atom is -0.341 e. The zero-order valence-corrected chi connectivity index (χ0v) is 15.2. The summed E-state index contributed by atoms with van der Waals surface area (Å²) in [6.45, 7) is 1.69. The van der Waals surface area contributed by atoms with Crippen molar-refractivity contribution in [1.29, 1.82) is 0 Å². The largest absolute Gasteiger partial charge is 0.341 e. The number of amides is 1. The number of carbonyl (C=O) groups excluding carboxylic acids is 1. The standard InChI is InChI=1S/C18H18N4OS2/c23-17(22-10-4-5-11-22)15(13-7-2-1-3-8-13)25-18-19-16(20-21-18)14-9-6-12-24-14/h1-3,6-9,12,15H,4-5,10-11H2,(H,19,20,21). The third kappa shape index (κ3) is 3.62. The van der Waals surface area contributed by atoms with Gasteiger partial charge in [0.25, 0.3) is 0 Å². The Morgan fingerprint density at radius 2 is 1.96 bits per heavy atom. The number of thioether (sulfide) groups is 1. The second kappa shape index (κ2) is 7.41. The van der Waals surface area contributed by atoms with Gasteiger partial charge in [0, 0.05) is 13.1 Å². The molecule has 0 aliphatic carbocycles. The van der Waals surface area contributed by atoms with Crippen molar-refractivity contribution in [1.82, 2.24) is 20.1 Å². The molecular formula is C18H18N4OS2. The van der Waals surface area contributed by atoms with Crippen molar-refractivity contribution in [3.8, 4) is 10.7 Å². The van der Waals surface area contributed by atoms with E-state index < -0.39 is 0 Å². The average molecular weight is 371 g/mol. The fourth-order valence-corrected chi connectivity index (χ4v) is 4.58. The molecule has 25 heavy (non-hydrogen) atoms. The normalized spacial score (nSPS) is 15.4. The predicted octanol–water partition coefficient (Wildman–Crippen LogP) is 3.99. The second-order valence-corrected chi connectivity index (χ2v) is 7.90. The quantitative estimate of drug-likeness (QED) is 0.690. The molecule has 4 rings (SSSR count). The van der Waals surface area contributed by atoms with E-state index >= 15 is 0 Å². The number of benzene rings is 1. The van der Waals surface area contributed by atoms with Crippen molar-refractivity contribution in [2.75, 3.05) is 13.1 Å². The van der Waals surface area contributed by atoms with Crippen molar-refractivity contribution < 1.29 is 4.79 Å². The number of thiophene rings is 1. The van der Waals surface area contributed by atoms with Gasteiger partial charge in [0.2, 0.25) is 11.1 Å². The van der Waals surface area contributed by atoms with Crippen molar-refractivity contribution in [2.45, 2.75) is 23.2 Å². The summed E-state index contributed by atoms with van der Waals surface area (Å²) >= 11 is 3.03. The Labute approximate surface area is 154 Å². The lowest BCUT2D eigenvalue weighted by Gasteiger charge is -2.22. The van der Waals surface area contributed by atoms with E-state index in [4.69, 9.17) is 0 Å². The molecule has 1 unspecified atom stereocenters. The van der Waals surface area contributed by atoms with E-state index in [1.807, 2.05) is 52.7 Å². The molecule has 1 fully saturated rings. The minimum atomic E-state index is -0.314. The number of nitrogens with zero attached hydrogens (tertiary/aromatic N) is 3. The number of aromatic nitrogens is 3. The molecule has 1 aliphatic heterocycles. The van der Waals surface area contributed by atoms with Crippen LogP contribution >= 0.6 is 23.1 Å². The van der Waals surface area contributed by atoms with Crippen LogP contribution in [0, 0.1) is 0 Å². The van der Waals surface area contributed by atoms with Gasteiger partial charge in [0.05, 0.1) is 4.88 Å². The van der Waals surface area contributed by atoms with Crippen LogP contribution in [0.4, 0.5) is 0 Å². The number of H-pyrrole nitrogens is 1. The Kier molecular flexibility index (Phi) is 4.85. The zero-order valence-electron chi connectivity index (χ0n) is 13.6. The molecule has 1 N–H and O–H groups in total. The van der Waals surface area contributed by atoms with Crippen molar-refractivity contribution in [2.24, 2.45) is 0 Å². The summed E-state index contributed by atoms with van der Waals surface area (Å²) in [5, 5.41) is 9.58. The van der Waals surface area contributed by atoms with Gasteiger partial charge in [-0.2, -0.15) is 0 Å². The fourth-order valence-electron chi connectivity index (χ4n) is 2.92. The van der Waals surface area contributed by atoms with Crippen LogP contribution in [0.2, 0.25) is 0 Å². The van der Waals surface area contributed by atoms with Crippen LogP contribution in [0.5, 0.6) is 0 Å². The van der Waals surface area contributed by atoms with Crippen molar-refractivity contribution in [3.05, 3.63) is 53.4 Å². The number of likely N-dealkylation sites (tertiary alicyclic amines) is 1. The van der Waals surface area contributed by atoms with Crippen molar-refractivity contribution in [3.63, 3.8) is 0 Å². The third-order valence-electron chi connectivity index (χ3n) is 4.19. The Bertz CT molecular complexity index is 826. The highest BCUT2D eigenvalue weighted by Crippen LogP contribution is 2.36. The molecule has 1 aromatic carbocycles. The van der Waals surface area contributed by atoms with E-state index in [1.165, 1.54) is 11.8 Å². The van der Waals surface area contributed by atoms with Crippen LogP contribution in [-0.2, 0) is 4.79 Å². The molecule has 0 radical (unpaired) electrons. The predicted molar refractivity (Wildman–Crippen MR) is 101 cm³/mol. The Morgan fingerprint density at radius 1 is 1.16 bits per heavy atom. The summed E-state index contributed by atoms with van der Waals surface area (Å²) in [6.07, 6.45) is 2.17. The van der Waals surface area contributed by atoms with Crippen LogP contribution in [0.15, 0.2) is 53.0 Å². The summed E-state index contributed by atoms with van der Waals surface area (Å²) in [4.78, 5) is 20.6. The zero-order chi connectivity index (χ0) is 17.1. The van der Waals surface area contributed by atoms with Gasteiger partial charge in [-0.05, 0) is 29.9 Å². The molecule has 0 saturated carbocycles. The lowest BCUT2D eigenvalue weighted by molar-refractivity contribution is -0.129. The lowest BCUT2D eigenvalue weighted by atomic mass is 10.1. The number of hydrogen-bond donors (Lipinski definition) is 1. The van der Waals surface area contributed by atoms with Gasteiger partial charge in [-0.3, -0.25) is 9.89 Å². The van der Waals surface area contributed by atoms with E-state index in [2.05, 4.69) is 15.2 Å². The summed E-state index contributed by atoms with van der Waals surface area (Å²) in [5.74, 6) is 0.897. The SMILES string of the molecule is O=C(C(Sc1n[nH]c(-c2cccs2)n1)c1ccccc1)N1CCCC1. The summed E-state index contributed by atoms with van der Waals surface area (Å²) in [6, 6.07) is 13.9. The molecule has 3 aromatic rings. The molecule has 3 heterocycles. The first-order chi connectivity index (χ1) is 12.3. The maximum absolute atomic E-state index is 13.0. The Hall–Kier alpha value is -2.12. The van der Waals surface area contributed by atoms with Crippen LogP contribution in [0.3, 0.4) is 0 Å². The number of rotatable bonds is 5. The highest BCUT2D eigenvalue weighted by molar-refractivity contribution is 8.00. The van der Waals surface area contributed by atoms with Crippen molar-refractivity contribution >= 4 is 29.0 Å². The maximum Gasteiger partial charge on any atom is 0.240 e. The number of carbonyl (C=O) groups is 1. The molecule has 7 heteroatoms. The molecule has 0 bridgehead atoms. The molecule has 5 nitrogen and oxygen atoms in total. The van der Waals surface area contributed by atoms with Crippen LogP contribution in [0.1, 0.15) is 23.7 Å². The van der Waals surface area contributed by atoms with Gasteiger partial charge in [0.1, 0.15) is 5.25 Å². The highest BCUT2D eigenvalue weighted by atomic mass is 32.2. The van der Waals surface area contributed by atoms with Gasteiger partial charge >= 0.3 is 0 Å². The first-order valence-corrected chi connectivity index (χ1v) is 10.0. The maximum atomic E-state index is 13.0.